The van der Waals surface area contributed by atoms with Gasteiger partial charge in [-0.05, 0) is 0 Å². The SMILES string of the molecule is CCCCNC(=O)c1cnc(N2CCCCC2)[se]1. The minimum atomic E-state index is 0.0826. The van der Waals surface area contributed by atoms with Crippen molar-refractivity contribution in [3.05, 3.63) is 10.6 Å². The first-order valence-corrected chi connectivity index (χ1v) is 8.51. The molecule has 4 nitrogen and oxygen atoms in total. The van der Waals surface area contributed by atoms with E-state index in [0.29, 0.717) is 0 Å². The number of anilines is 1. The van der Waals surface area contributed by atoms with Gasteiger partial charge in [0.05, 0.1) is 0 Å². The van der Waals surface area contributed by atoms with Crippen LogP contribution in [0, 0.1) is 0 Å². The fraction of sp³-hybridized carbons (Fsp3) is 0.692. The number of piperidine rings is 1. The van der Waals surface area contributed by atoms with Gasteiger partial charge in [0.15, 0.2) is 0 Å². The predicted molar refractivity (Wildman–Crippen MR) is 74.5 cm³/mol. The Hall–Kier alpha value is -0.801. The summed E-state index contributed by atoms with van der Waals surface area (Å²) in [6, 6.07) is 0. The van der Waals surface area contributed by atoms with Crippen LogP contribution in [0.1, 0.15) is 48.3 Å². The third-order valence-corrected chi connectivity index (χ3v) is 5.38. The van der Waals surface area contributed by atoms with E-state index in [0.717, 1.165) is 41.6 Å². The molecule has 1 fully saturated rings. The van der Waals surface area contributed by atoms with Crippen molar-refractivity contribution in [3.8, 4) is 0 Å². The number of rotatable bonds is 5. The summed E-state index contributed by atoms with van der Waals surface area (Å²) in [5, 5.41) is 2.97. The van der Waals surface area contributed by atoms with Gasteiger partial charge in [0.2, 0.25) is 0 Å². The summed E-state index contributed by atoms with van der Waals surface area (Å²) in [5.74, 6) is 0.0826. The summed E-state index contributed by atoms with van der Waals surface area (Å²) in [6.07, 6.45) is 7.77. The van der Waals surface area contributed by atoms with Crippen LogP contribution in [0.25, 0.3) is 0 Å². The van der Waals surface area contributed by atoms with Crippen LogP contribution >= 0.6 is 0 Å². The first-order valence-electron chi connectivity index (χ1n) is 6.80. The molecule has 1 aromatic rings. The summed E-state index contributed by atoms with van der Waals surface area (Å²) in [7, 11) is 0. The quantitative estimate of drug-likeness (QED) is 0.664. The standard InChI is InChI=1S/C13H21N3OSe/c1-2-3-7-14-12(17)11-10-15-13(18-11)16-8-5-4-6-9-16/h10H,2-9H2,1H3,(H,14,17). The average molecular weight is 314 g/mol. The third-order valence-electron chi connectivity index (χ3n) is 3.16. The Labute approximate surface area is 115 Å². The summed E-state index contributed by atoms with van der Waals surface area (Å²) in [5.41, 5.74) is 0. The number of carbonyl (C=O) groups is 1. The summed E-state index contributed by atoms with van der Waals surface area (Å²) in [6.45, 7) is 5.13. The molecule has 1 N–H and O–H groups in total. The first kappa shape index (κ1) is 13.6. The van der Waals surface area contributed by atoms with E-state index < -0.39 is 0 Å². The molecule has 0 bridgehead atoms. The molecule has 0 saturated carbocycles. The molecule has 2 heterocycles. The number of nitrogens with zero attached hydrogens (tertiary/aromatic N) is 2. The Morgan fingerprint density at radius 3 is 2.94 bits per heavy atom. The molecule has 18 heavy (non-hydrogen) atoms. The van der Waals surface area contributed by atoms with E-state index in [-0.39, 0.29) is 20.4 Å². The fourth-order valence-electron chi connectivity index (χ4n) is 2.07. The van der Waals surface area contributed by atoms with Gasteiger partial charge in [-0.3, -0.25) is 0 Å². The molecule has 0 unspecified atom stereocenters. The monoisotopic (exact) mass is 315 g/mol. The Kier molecular flexibility index (Phi) is 5.26. The molecule has 1 saturated heterocycles. The molecule has 1 amide bonds. The summed E-state index contributed by atoms with van der Waals surface area (Å²) in [4.78, 5) is 18.7. The van der Waals surface area contributed by atoms with Crippen LogP contribution in [0.3, 0.4) is 0 Å². The van der Waals surface area contributed by atoms with E-state index in [1.165, 1.54) is 19.3 Å². The van der Waals surface area contributed by atoms with Gasteiger partial charge in [0, 0.05) is 0 Å². The zero-order valence-corrected chi connectivity index (χ0v) is 12.7. The Morgan fingerprint density at radius 1 is 1.44 bits per heavy atom. The molecule has 0 aliphatic carbocycles. The van der Waals surface area contributed by atoms with Gasteiger partial charge in [-0.2, -0.15) is 0 Å². The molecular formula is C13H21N3OSe. The Balaban J connectivity index is 1.90. The average Bonchev–Trinajstić information content (AvgIpc) is 2.89. The van der Waals surface area contributed by atoms with Crippen LogP contribution in [0.5, 0.6) is 0 Å². The van der Waals surface area contributed by atoms with Gasteiger partial charge in [-0.15, -0.1) is 0 Å². The number of hydrogen-bond donors (Lipinski definition) is 1. The second-order valence-electron chi connectivity index (χ2n) is 4.66. The van der Waals surface area contributed by atoms with E-state index in [1.807, 2.05) is 0 Å². The maximum atomic E-state index is 11.9. The van der Waals surface area contributed by atoms with Gasteiger partial charge < -0.3 is 0 Å². The Morgan fingerprint density at radius 2 is 2.22 bits per heavy atom. The Bertz CT molecular complexity index is 385. The number of amides is 1. The minimum absolute atomic E-state index is 0.0826. The van der Waals surface area contributed by atoms with Crippen LogP contribution in [-0.2, 0) is 0 Å². The number of nitrogens with one attached hydrogen (secondary N) is 1. The molecule has 1 aliphatic rings. The van der Waals surface area contributed by atoms with E-state index in [2.05, 4.69) is 22.1 Å². The molecule has 0 radical (unpaired) electrons. The van der Waals surface area contributed by atoms with Crippen LogP contribution in [0.4, 0.5) is 4.69 Å². The van der Waals surface area contributed by atoms with Crippen molar-refractivity contribution in [2.75, 3.05) is 24.5 Å². The molecule has 100 valence electrons. The number of hydrogen-bond acceptors (Lipinski definition) is 3. The zero-order valence-electron chi connectivity index (χ0n) is 10.9. The number of carbonyl (C=O) groups excluding carboxylic acids is 1. The van der Waals surface area contributed by atoms with Gasteiger partial charge in [-0.25, -0.2) is 0 Å². The molecule has 1 aromatic heterocycles. The second kappa shape index (κ2) is 6.95. The first-order chi connectivity index (χ1) is 8.81. The second-order valence-corrected chi connectivity index (χ2v) is 6.78. The molecule has 0 aromatic carbocycles. The maximum absolute atomic E-state index is 11.9. The van der Waals surface area contributed by atoms with Gasteiger partial charge in [-0.1, -0.05) is 0 Å². The van der Waals surface area contributed by atoms with E-state index in [1.54, 1.807) is 6.20 Å². The van der Waals surface area contributed by atoms with Crippen molar-refractivity contribution in [3.63, 3.8) is 0 Å². The van der Waals surface area contributed by atoms with Gasteiger partial charge in [0.25, 0.3) is 0 Å². The van der Waals surface area contributed by atoms with Crippen LogP contribution in [0.15, 0.2) is 6.20 Å². The molecule has 0 spiro atoms. The number of aromatic nitrogens is 1. The molecule has 1 aliphatic heterocycles. The van der Waals surface area contributed by atoms with Crippen LogP contribution in [0.2, 0.25) is 0 Å². The normalized spacial score (nSPS) is 15.7. The van der Waals surface area contributed by atoms with E-state index in [4.69, 9.17) is 0 Å². The molecule has 2 rings (SSSR count). The molecule has 5 heteroatoms. The van der Waals surface area contributed by atoms with Crippen molar-refractivity contribution >= 4 is 25.1 Å². The van der Waals surface area contributed by atoms with Crippen molar-refractivity contribution < 1.29 is 4.79 Å². The van der Waals surface area contributed by atoms with Gasteiger partial charge >= 0.3 is 114 Å². The topological polar surface area (TPSA) is 45.2 Å². The van der Waals surface area contributed by atoms with Crippen LogP contribution < -0.4 is 10.2 Å². The molecular weight excluding hydrogens is 293 g/mol. The van der Waals surface area contributed by atoms with Crippen molar-refractivity contribution in [1.29, 1.82) is 0 Å². The van der Waals surface area contributed by atoms with Crippen molar-refractivity contribution in [1.82, 2.24) is 10.3 Å². The zero-order chi connectivity index (χ0) is 12.8. The number of unbranched alkanes of at least 4 members (excludes halogenated alkanes) is 1. The van der Waals surface area contributed by atoms with Crippen LogP contribution in [-0.4, -0.2) is 45.0 Å². The third kappa shape index (κ3) is 3.59. The summed E-state index contributed by atoms with van der Waals surface area (Å²) >= 11 is 0.105. The fourth-order valence-corrected chi connectivity index (χ4v) is 3.92. The van der Waals surface area contributed by atoms with Crippen molar-refractivity contribution in [2.24, 2.45) is 0 Å². The predicted octanol–water partition coefficient (Wildman–Crippen LogP) is 1.66. The summed E-state index contributed by atoms with van der Waals surface area (Å²) < 4.78 is 2.02. The van der Waals surface area contributed by atoms with Crippen molar-refractivity contribution in [2.45, 2.75) is 39.0 Å². The van der Waals surface area contributed by atoms with E-state index in [9.17, 15) is 4.79 Å². The van der Waals surface area contributed by atoms with E-state index >= 15 is 0 Å². The van der Waals surface area contributed by atoms with Gasteiger partial charge in [0.1, 0.15) is 0 Å². The molecule has 0 atom stereocenters.